The Kier molecular flexibility index (Phi) is 5.32. The molecule has 0 aromatic heterocycles. The van der Waals surface area contributed by atoms with Gasteiger partial charge in [0, 0.05) is 6.04 Å². The number of rotatable bonds is 4. The Balaban J connectivity index is 2.08. The Hall–Kier alpha value is -1.02. The van der Waals surface area contributed by atoms with E-state index in [9.17, 15) is 5.11 Å². The molecule has 1 aromatic rings. The molecule has 0 aliphatic heterocycles. The third-order valence-electron chi connectivity index (χ3n) is 5.11. The van der Waals surface area contributed by atoms with Gasteiger partial charge in [0.15, 0.2) is 0 Å². The maximum absolute atomic E-state index is 9.44. The quantitative estimate of drug-likeness (QED) is 0.862. The van der Waals surface area contributed by atoms with Gasteiger partial charge < -0.3 is 10.4 Å². The minimum Gasteiger partial charge on any atom is -0.508 e. The summed E-state index contributed by atoms with van der Waals surface area (Å²) in [7, 11) is 0. The van der Waals surface area contributed by atoms with Crippen molar-refractivity contribution in [2.75, 3.05) is 6.54 Å². The molecule has 1 saturated carbocycles. The number of nitrogens with one attached hydrogen (secondary N) is 1. The SMILES string of the molecule is CCNC1CCC(C(C)(C)C)CC1Cc1ccc(O)cc1. The van der Waals surface area contributed by atoms with Crippen molar-refractivity contribution in [3.63, 3.8) is 0 Å². The van der Waals surface area contributed by atoms with Crippen LogP contribution in [0.5, 0.6) is 5.75 Å². The lowest BCUT2D eigenvalue weighted by Gasteiger charge is -2.42. The van der Waals surface area contributed by atoms with Gasteiger partial charge in [-0.1, -0.05) is 39.8 Å². The fourth-order valence-electron chi connectivity index (χ4n) is 3.74. The summed E-state index contributed by atoms with van der Waals surface area (Å²) < 4.78 is 0. The number of phenolic OH excluding ortho intramolecular Hbond substituents is 1. The number of benzene rings is 1. The molecule has 1 fully saturated rings. The van der Waals surface area contributed by atoms with Crippen LogP contribution in [-0.4, -0.2) is 17.7 Å². The molecule has 0 heterocycles. The molecule has 1 aliphatic rings. The van der Waals surface area contributed by atoms with E-state index in [2.05, 4.69) is 45.1 Å². The molecule has 2 N–H and O–H groups in total. The van der Waals surface area contributed by atoms with Crippen LogP contribution in [0.15, 0.2) is 24.3 Å². The van der Waals surface area contributed by atoms with E-state index < -0.39 is 0 Å². The minimum atomic E-state index is 0.359. The van der Waals surface area contributed by atoms with E-state index in [-0.39, 0.29) is 0 Å². The highest BCUT2D eigenvalue weighted by molar-refractivity contribution is 5.26. The number of hydrogen-bond donors (Lipinski definition) is 2. The highest BCUT2D eigenvalue weighted by Gasteiger charge is 2.35. The lowest BCUT2D eigenvalue weighted by Crippen LogP contribution is -2.43. The van der Waals surface area contributed by atoms with E-state index in [1.54, 1.807) is 0 Å². The molecule has 1 aliphatic carbocycles. The summed E-state index contributed by atoms with van der Waals surface area (Å²) in [6.07, 6.45) is 5.05. The molecular formula is C19H31NO. The molecular weight excluding hydrogens is 258 g/mol. The molecule has 0 saturated heterocycles. The van der Waals surface area contributed by atoms with E-state index in [4.69, 9.17) is 0 Å². The predicted octanol–water partition coefficient (Wildman–Crippen LogP) is 4.38. The molecule has 0 spiro atoms. The van der Waals surface area contributed by atoms with Crippen molar-refractivity contribution < 1.29 is 5.11 Å². The number of aromatic hydroxyl groups is 1. The summed E-state index contributed by atoms with van der Waals surface area (Å²) in [6.45, 7) is 10.4. The molecule has 0 bridgehead atoms. The Morgan fingerprint density at radius 1 is 1.14 bits per heavy atom. The summed E-state index contributed by atoms with van der Waals surface area (Å²) in [6, 6.07) is 8.39. The zero-order valence-corrected chi connectivity index (χ0v) is 14.0. The summed E-state index contributed by atoms with van der Waals surface area (Å²) in [5.41, 5.74) is 1.75. The van der Waals surface area contributed by atoms with Gasteiger partial charge in [-0.2, -0.15) is 0 Å². The second-order valence-electron chi connectivity index (χ2n) is 7.67. The second-order valence-corrected chi connectivity index (χ2v) is 7.67. The number of phenols is 1. The summed E-state index contributed by atoms with van der Waals surface area (Å²) in [5, 5.41) is 13.1. The molecule has 118 valence electrons. The van der Waals surface area contributed by atoms with Gasteiger partial charge in [-0.05, 0) is 67.2 Å². The molecule has 2 rings (SSSR count). The first-order valence-electron chi connectivity index (χ1n) is 8.41. The monoisotopic (exact) mass is 289 g/mol. The maximum atomic E-state index is 9.44. The van der Waals surface area contributed by atoms with Gasteiger partial charge in [0.1, 0.15) is 5.75 Å². The molecule has 3 atom stereocenters. The largest absolute Gasteiger partial charge is 0.508 e. The molecule has 0 amide bonds. The third-order valence-corrected chi connectivity index (χ3v) is 5.11. The molecule has 21 heavy (non-hydrogen) atoms. The molecule has 3 unspecified atom stereocenters. The van der Waals surface area contributed by atoms with Gasteiger partial charge in [-0.3, -0.25) is 0 Å². The van der Waals surface area contributed by atoms with Crippen molar-refractivity contribution in [1.82, 2.24) is 5.32 Å². The van der Waals surface area contributed by atoms with Crippen LogP contribution in [-0.2, 0) is 6.42 Å². The van der Waals surface area contributed by atoms with Crippen LogP contribution in [0.25, 0.3) is 0 Å². The first-order chi connectivity index (χ1) is 9.90. The zero-order valence-electron chi connectivity index (χ0n) is 14.0. The van der Waals surface area contributed by atoms with Crippen molar-refractivity contribution in [1.29, 1.82) is 0 Å². The van der Waals surface area contributed by atoms with Crippen LogP contribution >= 0.6 is 0 Å². The summed E-state index contributed by atoms with van der Waals surface area (Å²) in [4.78, 5) is 0. The van der Waals surface area contributed by atoms with Crippen LogP contribution in [0.3, 0.4) is 0 Å². The highest BCUT2D eigenvalue weighted by atomic mass is 16.3. The maximum Gasteiger partial charge on any atom is 0.115 e. The molecule has 1 aromatic carbocycles. The van der Waals surface area contributed by atoms with E-state index in [1.807, 2.05) is 12.1 Å². The van der Waals surface area contributed by atoms with Crippen molar-refractivity contribution >= 4 is 0 Å². The van der Waals surface area contributed by atoms with Crippen molar-refractivity contribution in [3.05, 3.63) is 29.8 Å². The predicted molar refractivity (Wildman–Crippen MR) is 89.6 cm³/mol. The van der Waals surface area contributed by atoms with Crippen LogP contribution in [0.1, 0.15) is 52.5 Å². The molecule has 2 nitrogen and oxygen atoms in total. The van der Waals surface area contributed by atoms with Crippen LogP contribution in [0.4, 0.5) is 0 Å². The van der Waals surface area contributed by atoms with Crippen LogP contribution in [0, 0.1) is 17.3 Å². The fraction of sp³-hybridized carbons (Fsp3) is 0.684. The van der Waals surface area contributed by atoms with E-state index in [1.165, 1.54) is 24.8 Å². The van der Waals surface area contributed by atoms with Gasteiger partial charge in [0.05, 0.1) is 0 Å². The van der Waals surface area contributed by atoms with Crippen LogP contribution < -0.4 is 5.32 Å². The van der Waals surface area contributed by atoms with Crippen molar-refractivity contribution in [2.45, 2.75) is 59.4 Å². The average molecular weight is 289 g/mol. The highest BCUT2D eigenvalue weighted by Crippen LogP contribution is 2.41. The topological polar surface area (TPSA) is 32.3 Å². The van der Waals surface area contributed by atoms with Gasteiger partial charge >= 0.3 is 0 Å². The second kappa shape index (κ2) is 6.83. The summed E-state index contributed by atoms with van der Waals surface area (Å²) in [5.74, 6) is 1.88. The Morgan fingerprint density at radius 2 is 1.81 bits per heavy atom. The van der Waals surface area contributed by atoms with Crippen LogP contribution in [0.2, 0.25) is 0 Å². The first kappa shape index (κ1) is 16.4. The minimum absolute atomic E-state index is 0.359. The zero-order chi connectivity index (χ0) is 15.5. The lowest BCUT2D eigenvalue weighted by molar-refractivity contribution is 0.114. The Morgan fingerprint density at radius 3 is 2.38 bits per heavy atom. The average Bonchev–Trinajstić information content (AvgIpc) is 2.42. The smallest absolute Gasteiger partial charge is 0.115 e. The molecule has 0 radical (unpaired) electrons. The standard InChI is InChI=1S/C19H31NO/c1-5-20-18-11-8-16(19(2,3)4)13-15(18)12-14-6-9-17(21)10-7-14/h6-7,9-10,15-16,18,20-21H,5,8,11-13H2,1-4H3. The third kappa shape index (κ3) is 4.47. The van der Waals surface area contributed by atoms with Gasteiger partial charge in [0.25, 0.3) is 0 Å². The Bertz CT molecular complexity index is 432. The molecule has 2 heteroatoms. The van der Waals surface area contributed by atoms with Crippen molar-refractivity contribution in [2.24, 2.45) is 17.3 Å². The van der Waals surface area contributed by atoms with Gasteiger partial charge in [-0.25, -0.2) is 0 Å². The lowest BCUT2D eigenvalue weighted by atomic mass is 9.66. The Labute approximate surface area is 130 Å². The van der Waals surface area contributed by atoms with Crippen molar-refractivity contribution in [3.8, 4) is 5.75 Å². The van der Waals surface area contributed by atoms with Gasteiger partial charge in [0.2, 0.25) is 0 Å². The van der Waals surface area contributed by atoms with E-state index in [0.717, 1.165) is 18.9 Å². The number of hydrogen-bond acceptors (Lipinski definition) is 2. The van der Waals surface area contributed by atoms with Gasteiger partial charge in [-0.15, -0.1) is 0 Å². The summed E-state index contributed by atoms with van der Waals surface area (Å²) >= 11 is 0. The normalized spacial score (nSPS) is 26.8. The fourth-order valence-corrected chi connectivity index (χ4v) is 3.74. The van der Waals surface area contributed by atoms with E-state index >= 15 is 0 Å². The first-order valence-corrected chi connectivity index (χ1v) is 8.41. The van der Waals surface area contributed by atoms with E-state index in [0.29, 0.717) is 23.1 Å².